The predicted molar refractivity (Wildman–Crippen MR) is 109 cm³/mol. The van der Waals surface area contributed by atoms with Crippen LogP contribution in [-0.4, -0.2) is 9.97 Å². The van der Waals surface area contributed by atoms with Crippen LogP contribution in [0.15, 0.2) is 60.7 Å². The van der Waals surface area contributed by atoms with Crippen LogP contribution < -0.4 is 11.1 Å². The largest absolute Gasteiger partial charge is 0.368 e. The number of nitrogens with one attached hydrogen (secondary N) is 1. The SMILES string of the molecule is Cc1ccc(Nc2cc(CCC(C)Cc3ccccc3)nc(N)n2)cc1. The number of hydrogen-bond acceptors (Lipinski definition) is 4. The summed E-state index contributed by atoms with van der Waals surface area (Å²) in [6.07, 6.45) is 3.04. The summed E-state index contributed by atoms with van der Waals surface area (Å²) < 4.78 is 0. The van der Waals surface area contributed by atoms with Crippen molar-refractivity contribution in [2.75, 3.05) is 11.1 Å². The molecule has 1 atom stereocenters. The summed E-state index contributed by atoms with van der Waals surface area (Å²) in [5.41, 5.74) is 10.5. The highest BCUT2D eigenvalue weighted by Crippen LogP contribution is 2.19. The minimum Gasteiger partial charge on any atom is -0.368 e. The Balaban J connectivity index is 1.61. The van der Waals surface area contributed by atoms with Crippen molar-refractivity contribution < 1.29 is 0 Å². The standard InChI is InChI=1S/C22H26N4/c1-16-8-11-19(12-9-16)24-21-15-20(25-22(23)26-21)13-10-17(2)14-18-6-4-3-5-7-18/h3-9,11-12,15,17H,10,13-14H2,1-2H3,(H3,23,24,25,26). The van der Waals surface area contributed by atoms with Gasteiger partial charge in [-0.15, -0.1) is 0 Å². The summed E-state index contributed by atoms with van der Waals surface area (Å²) in [4.78, 5) is 8.70. The third kappa shape index (κ3) is 5.31. The van der Waals surface area contributed by atoms with E-state index in [1.54, 1.807) is 0 Å². The molecule has 0 spiro atoms. The highest BCUT2D eigenvalue weighted by Gasteiger charge is 2.08. The summed E-state index contributed by atoms with van der Waals surface area (Å²) in [5, 5.41) is 3.31. The predicted octanol–water partition coefficient (Wildman–Crippen LogP) is 4.92. The quantitative estimate of drug-likeness (QED) is 0.637. The number of nitrogens with zero attached hydrogens (tertiary/aromatic N) is 2. The molecule has 26 heavy (non-hydrogen) atoms. The van der Waals surface area contributed by atoms with E-state index in [0.29, 0.717) is 11.9 Å². The molecule has 0 aliphatic rings. The van der Waals surface area contributed by atoms with Crippen LogP contribution in [0.4, 0.5) is 17.5 Å². The van der Waals surface area contributed by atoms with Gasteiger partial charge < -0.3 is 11.1 Å². The topological polar surface area (TPSA) is 63.8 Å². The Morgan fingerprint density at radius 2 is 1.73 bits per heavy atom. The third-order valence-electron chi connectivity index (χ3n) is 4.44. The van der Waals surface area contributed by atoms with Crippen molar-refractivity contribution in [3.63, 3.8) is 0 Å². The summed E-state index contributed by atoms with van der Waals surface area (Å²) in [6.45, 7) is 4.35. The Hall–Kier alpha value is -2.88. The molecule has 0 amide bonds. The van der Waals surface area contributed by atoms with E-state index < -0.39 is 0 Å². The second-order valence-corrected chi connectivity index (χ2v) is 6.93. The van der Waals surface area contributed by atoms with Crippen molar-refractivity contribution >= 4 is 17.5 Å². The number of rotatable bonds is 7. The molecule has 0 saturated carbocycles. The average molecular weight is 346 g/mol. The second kappa shape index (κ2) is 8.48. The van der Waals surface area contributed by atoms with E-state index in [4.69, 9.17) is 5.73 Å². The van der Waals surface area contributed by atoms with Gasteiger partial charge in [-0.3, -0.25) is 0 Å². The van der Waals surface area contributed by atoms with Crippen LogP contribution in [0.5, 0.6) is 0 Å². The Morgan fingerprint density at radius 3 is 2.46 bits per heavy atom. The number of nitrogen functional groups attached to an aromatic ring is 1. The van der Waals surface area contributed by atoms with Crippen LogP contribution in [-0.2, 0) is 12.8 Å². The lowest BCUT2D eigenvalue weighted by Crippen LogP contribution is -2.06. The van der Waals surface area contributed by atoms with Gasteiger partial charge in [-0.1, -0.05) is 55.0 Å². The summed E-state index contributed by atoms with van der Waals surface area (Å²) >= 11 is 0. The summed E-state index contributed by atoms with van der Waals surface area (Å²) in [5.74, 6) is 1.64. The maximum absolute atomic E-state index is 5.90. The van der Waals surface area contributed by atoms with Crippen molar-refractivity contribution in [3.05, 3.63) is 77.5 Å². The molecule has 1 heterocycles. The van der Waals surface area contributed by atoms with Gasteiger partial charge in [0.05, 0.1) is 0 Å². The number of aryl methyl sites for hydroxylation is 2. The first-order chi connectivity index (χ1) is 12.6. The van der Waals surface area contributed by atoms with Gasteiger partial charge in [0.15, 0.2) is 0 Å². The monoisotopic (exact) mass is 346 g/mol. The molecule has 134 valence electrons. The van der Waals surface area contributed by atoms with Gasteiger partial charge in [-0.05, 0) is 49.8 Å². The van der Waals surface area contributed by atoms with Crippen molar-refractivity contribution in [1.29, 1.82) is 0 Å². The first-order valence-corrected chi connectivity index (χ1v) is 9.09. The van der Waals surface area contributed by atoms with Gasteiger partial charge >= 0.3 is 0 Å². The maximum atomic E-state index is 5.90. The van der Waals surface area contributed by atoms with Crippen LogP contribution in [0.2, 0.25) is 0 Å². The molecule has 4 nitrogen and oxygen atoms in total. The number of nitrogens with two attached hydrogens (primary N) is 1. The highest BCUT2D eigenvalue weighted by molar-refractivity contribution is 5.57. The fourth-order valence-electron chi connectivity index (χ4n) is 3.01. The Morgan fingerprint density at radius 1 is 1.00 bits per heavy atom. The molecule has 3 N–H and O–H groups in total. The minimum absolute atomic E-state index is 0.313. The van der Waals surface area contributed by atoms with Gasteiger partial charge in [0, 0.05) is 17.4 Å². The Bertz CT molecular complexity index is 829. The molecular formula is C22H26N4. The zero-order chi connectivity index (χ0) is 18.4. The normalized spacial score (nSPS) is 11.9. The highest BCUT2D eigenvalue weighted by atomic mass is 15.1. The van der Waals surface area contributed by atoms with Crippen LogP contribution in [0, 0.1) is 12.8 Å². The van der Waals surface area contributed by atoms with Gasteiger partial charge in [0.1, 0.15) is 5.82 Å². The third-order valence-corrected chi connectivity index (χ3v) is 4.44. The molecule has 0 aliphatic carbocycles. The number of aromatic nitrogens is 2. The van der Waals surface area contributed by atoms with E-state index in [-0.39, 0.29) is 0 Å². The molecule has 0 radical (unpaired) electrons. The van der Waals surface area contributed by atoms with E-state index >= 15 is 0 Å². The molecule has 4 heteroatoms. The van der Waals surface area contributed by atoms with Gasteiger partial charge in [-0.2, -0.15) is 4.98 Å². The van der Waals surface area contributed by atoms with Crippen LogP contribution >= 0.6 is 0 Å². The lowest BCUT2D eigenvalue weighted by molar-refractivity contribution is 0.527. The van der Waals surface area contributed by atoms with E-state index in [9.17, 15) is 0 Å². The van der Waals surface area contributed by atoms with Crippen LogP contribution in [0.1, 0.15) is 30.2 Å². The molecular weight excluding hydrogens is 320 g/mol. The van der Waals surface area contributed by atoms with Crippen molar-refractivity contribution in [3.8, 4) is 0 Å². The zero-order valence-corrected chi connectivity index (χ0v) is 15.4. The smallest absolute Gasteiger partial charge is 0.222 e. The fourth-order valence-corrected chi connectivity index (χ4v) is 3.01. The van der Waals surface area contributed by atoms with Crippen molar-refractivity contribution in [1.82, 2.24) is 9.97 Å². The van der Waals surface area contributed by atoms with E-state index in [2.05, 4.69) is 71.6 Å². The minimum atomic E-state index is 0.313. The van der Waals surface area contributed by atoms with Crippen molar-refractivity contribution in [2.45, 2.75) is 33.1 Å². The molecule has 0 fully saturated rings. The molecule has 2 aromatic carbocycles. The second-order valence-electron chi connectivity index (χ2n) is 6.93. The lowest BCUT2D eigenvalue weighted by Gasteiger charge is -2.12. The lowest BCUT2D eigenvalue weighted by atomic mass is 9.96. The number of anilines is 3. The fraction of sp³-hybridized carbons (Fsp3) is 0.273. The molecule has 1 aromatic heterocycles. The molecule has 0 bridgehead atoms. The van der Waals surface area contributed by atoms with E-state index in [0.717, 1.165) is 36.5 Å². The van der Waals surface area contributed by atoms with Gasteiger partial charge in [0.2, 0.25) is 5.95 Å². The molecule has 0 saturated heterocycles. The van der Waals surface area contributed by atoms with Crippen LogP contribution in [0.25, 0.3) is 0 Å². The first-order valence-electron chi connectivity index (χ1n) is 9.09. The number of hydrogen-bond donors (Lipinski definition) is 2. The first kappa shape index (κ1) is 17.9. The number of benzene rings is 2. The molecule has 1 unspecified atom stereocenters. The molecule has 3 rings (SSSR count). The zero-order valence-electron chi connectivity index (χ0n) is 15.4. The van der Waals surface area contributed by atoms with E-state index in [1.165, 1.54) is 11.1 Å². The van der Waals surface area contributed by atoms with Gasteiger partial charge in [0.25, 0.3) is 0 Å². The Labute approximate surface area is 155 Å². The van der Waals surface area contributed by atoms with Crippen LogP contribution in [0.3, 0.4) is 0 Å². The van der Waals surface area contributed by atoms with Gasteiger partial charge in [-0.25, -0.2) is 4.98 Å². The van der Waals surface area contributed by atoms with E-state index in [1.807, 2.05) is 18.2 Å². The Kier molecular flexibility index (Phi) is 5.84. The summed E-state index contributed by atoms with van der Waals surface area (Å²) in [7, 11) is 0. The summed E-state index contributed by atoms with van der Waals surface area (Å²) in [6, 6.07) is 20.8. The van der Waals surface area contributed by atoms with Crippen molar-refractivity contribution in [2.24, 2.45) is 5.92 Å². The average Bonchev–Trinajstić information content (AvgIpc) is 2.62. The molecule has 3 aromatic rings. The molecule has 0 aliphatic heterocycles. The maximum Gasteiger partial charge on any atom is 0.222 e.